The molecule has 0 spiro atoms. The van der Waals surface area contributed by atoms with Gasteiger partial charge in [0.2, 0.25) is 0 Å². The molecule has 1 atom stereocenters. The van der Waals surface area contributed by atoms with E-state index in [2.05, 4.69) is 20.9 Å². The summed E-state index contributed by atoms with van der Waals surface area (Å²) in [6, 6.07) is 7.33. The van der Waals surface area contributed by atoms with Gasteiger partial charge in [0.05, 0.1) is 7.11 Å². The first-order valence-corrected chi connectivity index (χ1v) is 6.69. The molecular formula is C12H12BrNO2S. The molecule has 2 rings (SSSR count). The molecule has 17 heavy (non-hydrogen) atoms. The minimum atomic E-state index is -1.08. The van der Waals surface area contributed by atoms with Crippen molar-refractivity contribution in [1.29, 1.82) is 0 Å². The van der Waals surface area contributed by atoms with Gasteiger partial charge in [-0.3, -0.25) is 0 Å². The van der Waals surface area contributed by atoms with Crippen LogP contribution in [0.4, 0.5) is 0 Å². The second kappa shape index (κ2) is 4.76. The minimum absolute atomic E-state index is 0.662. The van der Waals surface area contributed by atoms with E-state index in [0.717, 1.165) is 15.9 Å². The third-order valence-electron chi connectivity index (χ3n) is 2.54. The van der Waals surface area contributed by atoms with E-state index < -0.39 is 5.60 Å². The molecule has 5 heteroatoms. The summed E-state index contributed by atoms with van der Waals surface area (Å²) in [4.78, 5) is 4.26. The fourth-order valence-corrected chi connectivity index (χ4v) is 2.85. The zero-order valence-electron chi connectivity index (χ0n) is 9.48. The summed E-state index contributed by atoms with van der Waals surface area (Å²) in [7, 11) is 1.62. The lowest BCUT2D eigenvalue weighted by atomic mass is 9.97. The second-order valence-electron chi connectivity index (χ2n) is 3.78. The van der Waals surface area contributed by atoms with Crippen molar-refractivity contribution in [3.63, 3.8) is 0 Å². The molecular weight excluding hydrogens is 302 g/mol. The van der Waals surface area contributed by atoms with Crippen LogP contribution in [0.25, 0.3) is 0 Å². The largest absolute Gasteiger partial charge is 0.497 e. The van der Waals surface area contributed by atoms with Gasteiger partial charge in [-0.15, -0.1) is 11.3 Å². The average Bonchev–Trinajstić information content (AvgIpc) is 2.77. The summed E-state index contributed by atoms with van der Waals surface area (Å²) >= 11 is 4.71. The maximum absolute atomic E-state index is 10.5. The van der Waals surface area contributed by atoms with Crippen molar-refractivity contribution < 1.29 is 9.84 Å². The molecule has 1 aromatic heterocycles. The number of hydrogen-bond donors (Lipinski definition) is 1. The van der Waals surface area contributed by atoms with Crippen LogP contribution in [-0.2, 0) is 5.60 Å². The molecule has 1 N–H and O–H groups in total. The Bertz CT molecular complexity index is 507. The number of halogens is 1. The minimum Gasteiger partial charge on any atom is -0.497 e. The van der Waals surface area contributed by atoms with E-state index in [1.54, 1.807) is 14.0 Å². The first-order valence-electron chi connectivity index (χ1n) is 5.02. The van der Waals surface area contributed by atoms with E-state index in [-0.39, 0.29) is 0 Å². The molecule has 2 aromatic rings. The van der Waals surface area contributed by atoms with Crippen LogP contribution < -0.4 is 4.74 Å². The zero-order valence-corrected chi connectivity index (χ0v) is 11.9. The first kappa shape index (κ1) is 12.5. The van der Waals surface area contributed by atoms with Gasteiger partial charge < -0.3 is 9.84 Å². The Hall–Kier alpha value is -0.910. The number of thiazole rings is 1. The summed E-state index contributed by atoms with van der Waals surface area (Å²) in [5, 5.41) is 13.0. The third-order valence-corrected chi connectivity index (χ3v) is 4.31. The van der Waals surface area contributed by atoms with Crippen LogP contribution in [0, 0.1) is 0 Å². The topological polar surface area (TPSA) is 42.4 Å². The van der Waals surface area contributed by atoms with Crippen LogP contribution in [0.1, 0.15) is 17.5 Å². The van der Waals surface area contributed by atoms with Gasteiger partial charge in [-0.25, -0.2) is 4.98 Å². The molecule has 1 heterocycles. The molecule has 0 amide bonds. The Kier molecular flexibility index (Phi) is 3.51. The lowest BCUT2D eigenvalue weighted by molar-refractivity contribution is 0.102. The molecule has 90 valence electrons. The summed E-state index contributed by atoms with van der Waals surface area (Å²) in [6.07, 6.45) is 0. The van der Waals surface area contributed by atoms with Gasteiger partial charge in [0.1, 0.15) is 21.0 Å². The molecule has 0 saturated heterocycles. The molecule has 0 saturated carbocycles. The van der Waals surface area contributed by atoms with Crippen molar-refractivity contribution in [1.82, 2.24) is 4.98 Å². The standard InChI is InChI=1S/C12H12BrNO2S/c1-12(15,11-14-10(13)7-17-11)8-3-5-9(16-2)6-4-8/h3-7,15H,1-2H3. The number of benzene rings is 1. The van der Waals surface area contributed by atoms with E-state index in [4.69, 9.17) is 4.74 Å². The normalized spacial score (nSPS) is 14.4. The molecule has 0 aliphatic carbocycles. The molecule has 0 fully saturated rings. The van der Waals surface area contributed by atoms with Crippen molar-refractivity contribution in [2.75, 3.05) is 7.11 Å². The predicted molar refractivity (Wildman–Crippen MR) is 71.5 cm³/mol. The van der Waals surface area contributed by atoms with Crippen molar-refractivity contribution in [3.05, 3.63) is 44.8 Å². The Morgan fingerprint density at radius 2 is 2.00 bits per heavy atom. The fourth-order valence-electron chi connectivity index (χ4n) is 1.52. The quantitative estimate of drug-likeness (QED) is 0.946. The Morgan fingerprint density at radius 1 is 1.35 bits per heavy atom. The summed E-state index contributed by atoms with van der Waals surface area (Å²) in [5.41, 5.74) is -0.289. The van der Waals surface area contributed by atoms with Gasteiger partial charge >= 0.3 is 0 Å². The maximum Gasteiger partial charge on any atom is 0.138 e. The van der Waals surface area contributed by atoms with E-state index in [1.165, 1.54) is 11.3 Å². The van der Waals surface area contributed by atoms with Crippen LogP contribution in [0.15, 0.2) is 34.2 Å². The summed E-state index contributed by atoms with van der Waals surface area (Å²) in [5.74, 6) is 0.768. The molecule has 3 nitrogen and oxygen atoms in total. The summed E-state index contributed by atoms with van der Waals surface area (Å²) < 4.78 is 5.83. The third kappa shape index (κ3) is 2.51. The fraction of sp³-hybridized carbons (Fsp3) is 0.250. The average molecular weight is 314 g/mol. The Morgan fingerprint density at radius 3 is 2.47 bits per heavy atom. The number of hydrogen-bond acceptors (Lipinski definition) is 4. The van der Waals surface area contributed by atoms with Crippen LogP contribution >= 0.6 is 27.3 Å². The number of methoxy groups -OCH3 is 1. The molecule has 0 aliphatic heterocycles. The SMILES string of the molecule is COc1ccc(C(C)(O)c2nc(Br)cs2)cc1. The van der Waals surface area contributed by atoms with Gasteiger partial charge in [-0.1, -0.05) is 12.1 Å². The predicted octanol–water partition coefficient (Wildman–Crippen LogP) is 3.17. The van der Waals surface area contributed by atoms with Crippen LogP contribution in [0.2, 0.25) is 0 Å². The first-order chi connectivity index (χ1) is 8.04. The number of aromatic nitrogens is 1. The van der Waals surface area contributed by atoms with Crippen molar-refractivity contribution in [2.24, 2.45) is 0 Å². The Balaban J connectivity index is 2.36. The van der Waals surface area contributed by atoms with Crippen molar-refractivity contribution in [3.8, 4) is 5.75 Å². The molecule has 1 aromatic carbocycles. The van der Waals surface area contributed by atoms with Gasteiger partial charge in [0, 0.05) is 5.38 Å². The lowest BCUT2D eigenvalue weighted by Crippen LogP contribution is -2.22. The van der Waals surface area contributed by atoms with Crippen LogP contribution in [0.3, 0.4) is 0 Å². The van der Waals surface area contributed by atoms with E-state index in [9.17, 15) is 5.11 Å². The maximum atomic E-state index is 10.5. The second-order valence-corrected chi connectivity index (χ2v) is 5.45. The lowest BCUT2D eigenvalue weighted by Gasteiger charge is -2.21. The molecule has 0 bridgehead atoms. The van der Waals surface area contributed by atoms with Crippen molar-refractivity contribution >= 4 is 27.3 Å². The van der Waals surface area contributed by atoms with E-state index in [1.807, 2.05) is 29.6 Å². The van der Waals surface area contributed by atoms with Gasteiger partial charge in [0.15, 0.2) is 0 Å². The van der Waals surface area contributed by atoms with Gasteiger partial charge in [-0.2, -0.15) is 0 Å². The highest BCUT2D eigenvalue weighted by Gasteiger charge is 2.28. The summed E-state index contributed by atoms with van der Waals surface area (Å²) in [6.45, 7) is 1.74. The van der Waals surface area contributed by atoms with Gasteiger partial charge in [-0.05, 0) is 40.5 Å². The number of ether oxygens (including phenoxy) is 1. The number of aliphatic hydroxyl groups is 1. The monoisotopic (exact) mass is 313 g/mol. The molecule has 0 aliphatic rings. The number of rotatable bonds is 3. The highest BCUT2D eigenvalue weighted by molar-refractivity contribution is 9.10. The van der Waals surface area contributed by atoms with E-state index in [0.29, 0.717) is 5.01 Å². The smallest absolute Gasteiger partial charge is 0.138 e. The van der Waals surface area contributed by atoms with E-state index >= 15 is 0 Å². The highest BCUT2D eigenvalue weighted by atomic mass is 79.9. The molecule has 1 unspecified atom stereocenters. The zero-order chi connectivity index (χ0) is 12.5. The van der Waals surface area contributed by atoms with Crippen LogP contribution in [-0.4, -0.2) is 17.2 Å². The van der Waals surface area contributed by atoms with Crippen molar-refractivity contribution in [2.45, 2.75) is 12.5 Å². The number of nitrogens with zero attached hydrogens (tertiary/aromatic N) is 1. The van der Waals surface area contributed by atoms with Crippen LogP contribution in [0.5, 0.6) is 5.75 Å². The molecule has 0 radical (unpaired) electrons. The highest BCUT2D eigenvalue weighted by Crippen LogP contribution is 2.33. The van der Waals surface area contributed by atoms with Gasteiger partial charge in [0.25, 0.3) is 0 Å². The Labute approximate surface area is 112 Å².